The number of nitrogens with zero attached hydrogens (tertiary/aromatic N) is 2. The van der Waals surface area contributed by atoms with Gasteiger partial charge in [0.15, 0.2) is 0 Å². The Hall–Kier alpha value is -2.17. The van der Waals surface area contributed by atoms with Crippen LogP contribution in [-0.2, 0) is 7.05 Å². The van der Waals surface area contributed by atoms with Crippen molar-refractivity contribution in [1.29, 1.82) is 0 Å². The number of aromatic nitrogens is 2. The number of carboxylic acids is 1. The summed E-state index contributed by atoms with van der Waals surface area (Å²) in [5.74, 6) is -1.65. The van der Waals surface area contributed by atoms with Crippen molar-refractivity contribution < 1.29 is 14.3 Å². The molecule has 4 nitrogen and oxygen atoms in total. The molecule has 0 aliphatic carbocycles. The Morgan fingerprint density at radius 3 is 2.69 bits per heavy atom. The number of halogens is 1. The molecule has 0 fully saturated rings. The average Bonchev–Trinajstić information content (AvgIpc) is 2.61. The van der Waals surface area contributed by atoms with Crippen molar-refractivity contribution in [3.05, 3.63) is 42.1 Å². The van der Waals surface area contributed by atoms with Crippen LogP contribution in [0.2, 0.25) is 0 Å². The molecule has 0 bridgehead atoms. The summed E-state index contributed by atoms with van der Waals surface area (Å²) in [7, 11) is 1.54. The lowest BCUT2D eigenvalue weighted by molar-refractivity contribution is 0.0680. The lowest BCUT2D eigenvalue weighted by Crippen LogP contribution is -2.07. The molecule has 0 aliphatic rings. The van der Waals surface area contributed by atoms with E-state index >= 15 is 0 Å². The highest BCUT2D eigenvalue weighted by Gasteiger charge is 2.15. The summed E-state index contributed by atoms with van der Waals surface area (Å²) in [5, 5.41) is 8.82. The van der Waals surface area contributed by atoms with E-state index in [0.29, 0.717) is 11.3 Å². The molecule has 2 rings (SSSR count). The number of benzene rings is 1. The van der Waals surface area contributed by atoms with Crippen molar-refractivity contribution in [2.45, 2.75) is 0 Å². The van der Waals surface area contributed by atoms with Gasteiger partial charge in [0.25, 0.3) is 0 Å². The topological polar surface area (TPSA) is 55.1 Å². The summed E-state index contributed by atoms with van der Waals surface area (Å²) in [6.07, 6.45) is 1.35. The fourth-order valence-electron chi connectivity index (χ4n) is 1.53. The van der Waals surface area contributed by atoms with E-state index in [1.165, 1.54) is 23.9 Å². The van der Waals surface area contributed by atoms with E-state index in [-0.39, 0.29) is 5.82 Å². The fraction of sp³-hybridized carbons (Fsp3) is 0.0909. The Kier molecular flexibility index (Phi) is 2.44. The van der Waals surface area contributed by atoms with Gasteiger partial charge in [0.1, 0.15) is 5.82 Å². The van der Waals surface area contributed by atoms with Crippen LogP contribution >= 0.6 is 0 Å². The Labute approximate surface area is 91.0 Å². The highest BCUT2D eigenvalue weighted by atomic mass is 19.1. The number of aromatic carboxylic acids is 1. The van der Waals surface area contributed by atoms with Crippen LogP contribution < -0.4 is 0 Å². The van der Waals surface area contributed by atoms with Crippen LogP contribution in [0.3, 0.4) is 0 Å². The lowest BCUT2D eigenvalue weighted by atomic mass is 10.1. The van der Waals surface area contributed by atoms with E-state index < -0.39 is 11.8 Å². The third-order valence-electron chi connectivity index (χ3n) is 2.33. The maximum Gasteiger partial charge on any atom is 0.372 e. The van der Waals surface area contributed by atoms with Crippen LogP contribution in [0.5, 0.6) is 0 Å². The standard InChI is InChI=1S/C11H9FN2O2/c1-14-9(6-13-10(14)11(15)16)7-4-2-3-5-8(7)12/h2-6H,1H3,(H,15,16). The Morgan fingerprint density at radius 1 is 1.44 bits per heavy atom. The second kappa shape index (κ2) is 3.77. The summed E-state index contributed by atoms with van der Waals surface area (Å²) in [4.78, 5) is 14.5. The molecule has 1 N–H and O–H groups in total. The van der Waals surface area contributed by atoms with Gasteiger partial charge in [-0.2, -0.15) is 0 Å². The molecule has 0 spiro atoms. The first kappa shape index (κ1) is 10.4. The lowest BCUT2D eigenvalue weighted by Gasteiger charge is -2.04. The van der Waals surface area contributed by atoms with Crippen molar-refractivity contribution in [2.24, 2.45) is 7.05 Å². The van der Waals surface area contributed by atoms with Crippen LogP contribution in [0.4, 0.5) is 4.39 Å². The van der Waals surface area contributed by atoms with Gasteiger partial charge < -0.3 is 9.67 Å². The van der Waals surface area contributed by atoms with Gasteiger partial charge in [-0.25, -0.2) is 14.2 Å². The largest absolute Gasteiger partial charge is 0.475 e. The molecule has 0 saturated carbocycles. The van der Waals surface area contributed by atoms with E-state index in [0.717, 1.165) is 0 Å². The number of hydrogen-bond acceptors (Lipinski definition) is 2. The minimum absolute atomic E-state index is 0.113. The molecule has 82 valence electrons. The summed E-state index contributed by atoms with van der Waals surface area (Å²) in [6, 6.07) is 6.17. The summed E-state index contributed by atoms with van der Waals surface area (Å²) >= 11 is 0. The van der Waals surface area contributed by atoms with Crippen LogP contribution in [0, 0.1) is 5.82 Å². The van der Waals surface area contributed by atoms with E-state index in [2.05, 4.69) is 4.98 Å². The average molecular weight is 220 g/mol. The minimum Gasteiger partial charge on any atom is -0.475 e. The van der Waals surface area contributed by atoms with Gasteiger partial charge in [-0.1, -0.05) is 12.1 Å². The van der Waals surface area contributed by atoms with Crippen LogP contribution in [-0.4, -0.2) is 20.6 Å². The first-order valence-corrected chi connectivity index (χ1v) is 4.61. The molecule has 0 saturated heterocycles. The minimum atomic E-state index is -1.13. The van der Waals surface area contributed by atoms with Crippen molar-refractivity contribution >= 4 is 5.97 Å². The Balaban J connectivity index is 2.58. The second-order valence-corrected chi connectivity index (χ2v) is 3.31. The van der Waals surface area contributed by atoms with Crippen LogP contribution in [0.1, 0.15) is 10.6 Å². The molecule has 1 aromatic heterocycles. The van der Waals surface area contributed by atoms with Gasteiger partial charge in [0, 0.05) is 12.6 Å². The first-order chi connectivity index (χ1) is 7.61. The SMILES string of the molecule is Cn1c(-c2ccccc2F)cnc1C(=O)O. The molecular formula is C11H9FN2O2. The zero-order valence-electron chi connectivity index (χ0n) is 8.51. The maximum absolute atomic E-state index is 13.5. The predicted molar refractivity (Wildman–Crippen MR) is 55.6 cm³/mol. The number of carboxylic acid groups (broad SMARTS) is 1. The van der Waals surface area contributed by atoms with Crippen molar-refractivity contribution in [1.82, 2.24) is 9.55 Å². The molecule has 5 heteroatoms. The molecule has 0 unspecified atom stereocenters. The number of carbonyl (C=O) groups is 1. The first-order valence-electron chi connectivity index (χ1n) is 4.61. The molecule has 0 radical (unpaired) electrons. The quantitative estimate of drug-likeness (QED) is 0.841. The zero-order valence-corrected chi connectivity index (χ0v) is 8.51. The third-order valence-corrected chi connectivity index (χ3v) is 2.33. The number of imidazole rings is 1. The van der Waals surface area contributed by atoms with E-state index in [1.807, 2.05) is 0 Å². The van der Waals surface area contributed by atoms with E-state index in [4.69, 9.17) is 5.11 Å². The smallest absolute Gasteiger partial charge is 0.372 e. The normalized spacial score (nSPS) is 10.4. The Bertz CT molecular complexity index is 549. The summed E-state index contributed by atoms with van der Waals surface area (Å²) in [5.41, 5.74) is 0.778. The van der Waals surface area contributed by atoms with Crippen molar-refractivity contribution in [3.63, 3.8) is 0 Å². The van der Waals surface area contributed by atoms with Gasteiger partial charge in [0.2, 0.25) is 5.82 Å². The van der Waals surface area contributed by atoms with Gasteiger partial charge in [-0.3, -0.25) is 0 Å². The molecular weight excluding hydrogens is 211 g/mol. The van der Waals surface area contributed by atoms with Crippen molar-refractivity contribution in [3.8, 4) is 11.3 Å². The number of rotatable bonds is 2. The molecule has 0 atom stereocenters. The second-order valence-electron chi connectivity index (χ2n) is 3.31. The van der Waals surface area contributed by atoms with Crippen LogP contribution in [0.15, 0.2) is 30.5 Å². The summed E-state index contributed by atoms with van der Waals surface area (Å²) < 4.78 is 14.8. The van der Waals surface area contributed by atoms with Gasteiger partial charge in [-0.15, -0.1) is 0 Å². The van der Waals surface area contributed by atoms with E-state index in [9.17, 15) is 9.18 Å². The fourth-order valence-corrected chi connectivity index (χ4v) is 1.53. The van der Waals surface area contributed by atoms with Crippen LogP contribution in [0.25, 0.3) is 11.3 Å². The molecule has 0 aliphatic heterocycles. The highest BCUT2D eigenvalue weighted by molar-refractivity contribution is 5.84. The molecule has 1 aromatic carbocycles. The predicted octanol–water partition coefficient (Wildman–Crippen LogP) is 1.92. The molecule has 2 aromatic rings. The maximum atomic E-state index is 13.5. The van der Waals surface area contributed by atoms with Gasteiger partial charge >= 0.3 is 5.97 Å². The zero-order chi connectivity index (χ0) is 11.7. The van der Waals surface area contributed by atoms with Gasteiger partial charge in [0.05, 0.1) is 11.9 Å². The summed E-state index contributed by atoms with van der Waals surface area (Å²) in [6.45, 7) is 0. The van der Waals surface area contributed by atoms with Gasteiger partial charge in [-0.05, 0) is 12.1 Å². The molecule has 1 heterocycles. The molecule has 0 amide bonds. The molecule has 16 heavy (non-hydrogen) atoms. The van der Waals surface area contributed by atoms with E-state index in [1.54, 1.807) is 18.2 Å². The number of hydrogen-bond donors (Lipinski definition) is 1. The van der Waals surface area contributed by atoms with Crippen molar-refractivity contribution in [2.75, 3.05) is 0 Å². The Morgan fingerprint density at radius 2 is 2.12 bits per heavy atom. The monoisotopic (exact) mass is 220 g/mol. The third kappa shape index (κ3) is 1.56. The highest BCUT2D eigenvalue weighted by Crippen LogP contribution is 2.22.